The molecule has 4 heteroatoms. The molecule has 2 aliphatic rings. The quantitative estimate of drug-likeness (QED) is 0.629. The Kier molecular flexibility index (Phi) is 3.46. The fraction of sp³-hybridized carbons (Fsp3) is 0.263. The molecule has 1 fully saturated rings. The minimum absolute atomic E-state index is 0.165. The number of fused-ring (bicyclic) bond motifs is 1. The maximum Gasteiger partial charge on any atom is 0.261 e. The summed E-state index contributed by atoms with van der Waals surface area (Å²) in [4.78, 5) is 25.9. The van der Waals surface area contributed by atoms with Crippen LogP contribution >= 0.6 is 0 Å². The maximum atomic E-state index is 12.3. The van der Waals surface area contributed by atoms with Crippen LogP contribution in [0.4, 0.5) is 0 Å². The summed E-state index contributed by atoms with van der Waals surface area (Å²) in [5, 5.41) is 0. The largest absolute Gasteiger partial charge is 0.365 e. The van der Waals surface area contributed by atoms with Crippen LogP contribution in [0.25, 0.3) is 0 Å². The number of imide groups is 1. The van der Waals surface area contributed by atoms with Gasteiger partial charge in [-0.2, -0.15) is 0 Å². The second-order valence-electron chi connectivity index (χ2n) is 5.96. The minimum atomic E-state index is -0.179. The summed E-state index contributed by atoms with van der Waals surface area (Å²) in [6.07, 6.45) is 1.98. The molecule has 2 aromatic carbocycles. The highest BCUT2D eigenvalue weighted by Gasteiger charge is 2.40. The standard InChI is InChI=1S/C19H17NO3/c21-18-14-9-4-5-10-15(14)19(22)20(18)12-6-11-16-17(23-16)13-7-2-1-3-8-13/h1-5,7-10,16-17H,6,11-12H2. The van der Waals surface area contributed by atoms with E-state index in [1.807, 2.05) is 18.2 Å². The smallest absolute Gasteiger partial charge is 0.261 e. The molecule has 116 valence electrons. The Morgan fingerprint density at radius 3 is 2.13 bits per heavy atom. The fourth-order valence-corrected chi connectivity index (χ4v) is 3.19. The van der Waals surface area contributed by atoms with Gasteiger partial charge >= 0.3 is 0 Å². The van der Waals surface area contributed by atoms with Gasteiger partial charge in [0, 0.05) is 6.54 Å². The molecule has 2 atom stereocenters. The molecule has 0 aliphatic carbocycles. The van der Waals surface area contributed by atoms with E-state index in [0.29, 0.717) is 17.7 Å². The first-order chi connectivity index (χ1) is 11.3. The Morgan fingerprint density at radius 2 is 1.48 bits per heavy atom. The van der Waals surface area contributed by atoms with Gasteiger partial charge in [0.2, 0.25) is 0 Å². The van der Waals surface area contributed by atoms with Gasteiger partial charge in [0.1, 0.15) is 6.10 Å². The van der Waals surface area contributed by atoms with E-state index in [-0.39, 0.29) is 24.0 Å². The molecule has 23 heavy (non-hydrogen) atoms. The molecule has 0 saturated carbocycles. The molecule has 0 radical (unpaired) electrons. The van der Waals surface area contributed by atoms with E-state index in [9.17, 15) is 9.59 Å². The molecule has 0 spiro atoms. The van der Waals surface area contributed by atoms with E-state index in [2.05, 4.69) is 12.1 Å². The van der Waals surface area contributed by atoms with Crippen molar-refractivity contribution in [2.75, 3.05) is 6.54 Å². The van der Waals surface area contributed by atoms with Crippen molar-refractivity contribution < 1.29 is 14.3 Å². The molecule has 2 aromatic rings. The van der Waals surface area contributed by atoms with E-state index in [1.165, 1.54) is 10.5 Å². The van der Waals surface area contributed by atoms with Crippen molar-refractivity contribution in [3.05, 3.63) is 71.3 Å². The molecular formula is C19H17NO3. The number of carbonyl (C=O) groups excluding carboxylic acids is 2. The van der Waals surface area contributed by atoms with Crippen LogP contribution in [0.2, 0.25) is 0 Å². The third-order valence-corrected chi connectivity index (χ3v) is 4.46. The van der Waals surface area contributed by atoms with Crippen LogP contribution in [0.15, 0.2) is 54.6 Å². The van der Waals surface area contributed by atoms with Gasteiger partial charge in [0.15, 0.2) is 0 Å². The van der Waals surface area contributed by atoms with Gasteiger partial charge in [-0.05, 0) is 30.5 Å². The van der Waals surface area contributed by atoms with E-state index in [1.54, 1.807) is 24.3 Å². The zero-order valence-electron chi connectivity index (χ0n) is 12.6. The summed E-state index contributed by atoms with van der Waals surface area (Å²) >= 11 is 0. The highest BCUT2D eigenvalue weighted by Crippen LogP contribution is 2.41. The average molecular weight is 307 g/mol. The first-order valence-corrected chi connectivity index (χ1v) is 7.91. The third kappa shape index (κ3) is 2.55. The van der Waals surface area contributed by atoms with Gasteiger partial charge < -0.3 is 4.74 Å². The molecule has 0 aromatic heterocycles. The number of carbonyl (C=O) groups is 2. The lowest BCUT2D eigenvalue weighted by atomic mass is 10.1. The minimum Gasteiger partial charge on any atom is -0.365 e. The van der Waals surface area contributed by atoms with Crippen molar-refractivity contribution in [1.82, 2.24) is 4.90 Å². The van der Waals surface area contributed by atoms with Gasteiger partial charge in [0.25, 0.3) is 11.8 Å². The van der Waals surface area contributed by atoms with Crippen LogP contribution < -0.4 is 0 Å². The predicted octanol–water partition coefficient (Wildman–Crippen LogP) is 3.20. The number of benzene rings is 2. The molecule has 2 heterocycles. The number of epoxide rings is 1. The third-order valence-electron chi connectivity index (χ3n) is 4.46. The molecule has 2 aliphatic heterocycles. The van der Waals surface area contributed by atoms with Crippen molar-refractivity contribution >= 4 is 11.8 Å². The van der Waals surface area contributed by atoms with Crippen LogP contribution in [0.3, 0.4) is 0 Å². The van der Waals surface area contributed by atoms with E-state index in [0.717, 1.165) is 12.8 Å². The van der Waals surface area contributed by atoms with E-state index < -0.39 is 0 Å². The van der Waals surface area contributed by atoms with Gasteiger partial charge in [-0.1, -0.05) is 42.5 Å². The average Bonchev–Trinajstić information content (AvgIpc) is 3.33. The lowest BCUT2D eigenvalue weighted by molar-refractivity contribution is 0.0650. The summed E-state index contributed by atoms with van der Waals surface area (Å²) in [6, 6.07) is 17.1. The van der Waals surface area contributed by atoms with Crippen molar-refractivity contribution in [1.29, 1.82) is 0 Å². The second kappa shape index (κ2) is 5.63. The van der Waals surface area contributed by atoms with Gasteiger partial charge in [-0.3, -0.25) is 14.5 Å². The summed E-state index contributed by atoms with van der Waals surface area (Å²) in [5.41, 5.74) is 2.22. The van der Waals surface area contributed by atoms with Crippen molar-refractivity contribution in [3.8, 4) is 0 Å². The van der Waals surface area contributed by atoms with Crippen LogP contribution in [0.5, 0.6) is 0 Å². The highest BCUT2D eigenvalue weighted by atomic mass is 16.6. The summed E-state index contributed by atoms with van der Waals surface area (Å²) in [6.45, 7) is 0.452. The van der Waals surface area contributed by atoms with Crippen molar-refractivity contribution in [2.45, 2.75) is 25.0 Å². The lowest BCUT2D eigenvalue weighted by Crippen LogP contribution is -2.30. The van der Waals surface area contributed by atoms with Crippen LogP contribution in [-0.2, 0) is 4.74 Å². The van der Waals surface area contributed by atoms with E-state index >= 15 is 0 Å². The highest BCUT2D eigenvalue weighted by molar-refractivity contribution is 6.21. The van der Waals surface area contributed by atoms with Gasteiger partial charge in [-0.25, -0.2) is 0 Å². The second-order valence-corrected chi connectivity index (χ2v) is 5.96. The Balaban J connectivity index is 1.32. The molecule has 0 bridgehead atoms. The SMILES string of the molecule is O=C1c2ccccc2C(=O)N1CCCC1OC1c1ccccc1. The molecule has 4 rings (SSSR count). The number of rotatable bonds is 5. The van der Waals surface area contributed by atoms with Crippen molar-refractivity contribution in [3.63, 3.8) is 0 Å². The van der Waals surface area contributed by atoms with Crippen LogP contribution in [-0.4, -0.2) is 29.4 Å². The van der Waals surface area contributed by atoms with Crippen molar-refractivity contribution in [2.24, 2.45) is 0 Å². The Hall–Kier alpha value is -2.46. The number of hydrogen-bond acceptors (Lipinski definition) is 3. The summed E-state index contributed by atoms with van der Waals surface area (Å²) < 4.78 is 5.69. The number of nitrogens with zero attached hydrogens (tertiary/aromatic N) is 1. The van der Waals surface area contributed by atoms with E-state index in [4.69, 9.17) is 4.74 Å². The number of hydrogen-bond donors (Lipinski definition) is 0. The maximum absolute atomic E-state index is 12.3. The van der Waals surface area contributed by atoms with Crippen LogP contribution in [0.1, 0.15) is 45.2 Å². The molecular weight excluding hydrogens is 290 g/mol. The number of ether oxygens (including phenoxy) is 1. The Bertz CT molecular complexity index is 721. The molecule has 2 unspecified atom stereocenters. The Morgan fingerprint density at radius 1 is 0.870 bits per heavy atom. The lowest BCUT2D eigenvalue weighted by Gasteiger charge is -2.12. The number of amides is 2. The van der Waals surface area contributed by atoms with Gasteiger partial charge in [0.05, 0.1) is 17.2 Å². The first-order valence-electron chi connectivity index (χ1n) is 7.91. The fourth-order valence-electron chi connectivity index (χ4n) is 3.19. The molecule has 0 N–H and O–H groups in total. The molecule has 1 saturated heterocycles. The zero-order valence-corrected chi connectivity index (χ0v) is 12.6. The first kappa shape index (κ1) is 14.2. The van der Waals surface area contributed by atoms with Crippen LogP contribution in [0, 0.1) is 0 Å². The normalized spacial score (nSPS) is 22.3. The molecule has 4 nitrogen and oxygen atoms in total. The Labute approximate surface area is 134 Å². The zero-order chi connectivity index (χ0) is 15.8. The monoisotopic (exact) mass is 307 g/mol. The topological polar surface area (TPSA) is 49.9 Å². The summed E-state index contributed by atoms with van der Waals surface area (Å²) in [7, 11) is 0. The summed E-state index contributed by atoms with van der Waals surface area (Å²) in [5.74, 6) is -0.358. The van der Waals surface area contributed by atoms with Gasteiger partial charge in [-0.15, -0.1) is 0 Å². The molecule has 2 amide bonds. The predicted molar refractivity (Wildman–Crippen MR) is 85.1 cm³/mol.